The molecule has 5 nitrogen and oxygen atoms in total. The third-order valence-corrected chi connectivity index (χ3v) is 3.59. The van der Waals surface area contributed by atoms with E-state index < -0.39 is 12.1 Å². The maximum absolute atomic E-state index is 9.84. The number of fused-ring (bicyclic) bond motifs is 3. The standard InChI is InChI=1S/C12H19NO4/c13-7-1-2-10(14)3-4-11-9-5-6-12(15,17-11)16-8-9/h9-11,14-15H,1-6,8H2/t9?,10?,11-,12?/m0/s1. The molecule has 3 heterocycles. The van der Waals surface area contributed by atoms with E-state index in [0.717, 1.165) is 6.42 Å². The van der Waals surface area contributed by atoms with Crippen LogP contribution in [0.3, 0.4) is 0 Å². The lowest BCUT2D eigenvalue weighted by molar-refractivity contribution is -0.436. The summed E-state index contributed by atoms with van der Waals surface area (Å²) in [6, 6.07) is 2.02. The average Bonchev–Trinajstić information content (AvgIpc) is 2.34. The molecule has 5 heteroatoms. The highest BCUT2D eigenvalue weighted by Gasteiger charge is 2.46. The third kappa shape index (κ3) is 3.17. The number of rotatable bonds is 5. The molecule has 2 bridgehead atoms. The predicted octanol–water partition coefficient (Wildman–Crippen LogP) is 0.903. The van der Waals surface area contributed by atoms with E-state index in [4.69, 9.17) is 14.7 Å². The molecule has 0 amide bonds. The number of nitriles is 1. The summed E-state index contributed by atoms with van der Waals surface area (Å²) < 4.78 is 10.7. The first-order valence-electron chi connectivity index (χ1n) is 6.22. The van der Waals surface area contributed by atoms with Gasteiger partial charge in [0.2, 0.25) is 0 Å². The van der Waals surface area contributed by atoms with Gasteiger partial charge >= 0.3 is 0 Å². The molecular formula is C12H19NO4. The molecule has 0 aliphatic carbocycles. The molecule has 4 atom stereocenters. The monoisotopic (exact) mass is 241 g/mol. The molecule has 0 radical (unpaired) electrons. The van der Waals surface area contributed by atoms with Crippen molar-refractivity contribution in [1.29, 1.82) is 5.26 Å². The minimum absolute atomic E-state index is 0.0285. The number of aliphatic hydroxyl groups excluding tert-OH is 1. The van der Waals surface area contributed by atoms with E-state index in [9.17, 15) is 10.2 Å². The van der Waals surface area contributed by atoms with Gasteiger partial charge in [-0.25, -0.2) is 0 Å². The highest BCUT2D eigenvalue weighted by atomic mass is 16.8. The Balaban J connectivity index is 1.75. The fourth-order valence-corrected chi connectivity index (χ4v) is 2.51. The normalized spacial score (nSPS) is 37.7. The molecule has 17 heavy (non-hydrogen) atoms. The zero-order chi connectivity index (χ0) is 12.3. The van der Waals surface area contributed by atoms with Crippen LogP contribution in [-0.2, 0) is 9.47 Å². The van der Waals surface area contributed by atoms with Gasteiger partial charge in [-0.05, 0) is 25.7 Å². The molecule has 3 aliphatic heterocycles. The Morgan fingerprint density at radius 1 is 1.47 bits per heavy atom. The van der Waals surface area contributed by atoms with E-state index in [2.05, 4.69) is 0 Å². The lowest BCUT2D eigenvalue weighted by atomic mass is 9.88. The fourth-order valence-electron chi connectivity index (χ4n) is 2.51. The summed E-state index contributed by atoms with van der Waals surface area (Å²) >= 11 is 0. The zero-order valence-corrected chi connectivity index (χ0v) is 9.84. The van der Waals surface area contributed by atoms with Crippen LogP contribution in [0.4, 0.5) is 0 Å². The lowest BCUT2D eigenvalue weighted by Crippen LogP contribution is -2.54. The zero-order valence-electron chi connectivity index (χ0n) is 9.84. The maximum Gasteiger partial charge on any atom is 0.280 e. The van der Waals surface area contributed by atoms with Crippen molar-refractivity contribution >= 4 is 0 Å². The minimum Gasteiger partial charge on any atom is -0.393 e. The van der Waals surface area contributed by atoms with Crippen molar-refractivity contribution in [2.24, 2.45) is 5.92 Å². The van der Waals surface area contributed by atoms with Crippen LogP contribution in [0.2, 0.25) is 0 Å². The van der Waals surface area contributed by atoms with E-state index in [1.807, 2.05) is 6.07 Å². The number of ether oxygens (including phenoxy) is 2. The molecular weight excluding hydrogens is 222 g/mol. The molecule has 3 rings (SSSR count). The van der Waals surface area contributed by atoms with Gasteiger partial charge in [-0.1, -0.05) is 0 Å². The van der Waals surface area contributed by atoms with Crippen molar-refractivity contribution in [2.45, 2.75) is 56.7 Å². The van der Waals surface area contributed by atoms with Crippen LogP contribution in [-0.4, -0.2) is 35.0 Å². The molecule has 0 aromatic rings. The van der Waals surface area contributed by atoms with Crippen molar-refractivity contribution in [3.05, 3.63) is 0 Å². The largest absolute Gasteiger partial charge is 0.393 e. The highest BCUT2D eigenvalue weighted by Crippen LogP contribution is 2.39. The van der Waals surface area contributed by atoms with Crippen LogP contribution in [0.1, 0.15) is 38.5 Å². The molecule has 3 aliphatic rings. The van der Waals surface area contributed by atoms with Gasteiger partial charge in [0, 0.05) is 18.8 Å². The second-order valence-electron chi connectivity index (χ2n) is 4.91. The second kappa shape index (κ2) is 5.32. The molecule has 3 fully saturated rings. The van der Waals surface area contributed by atoms with Gasteiger partial charge in [-0.15, -0.1) is 0 Å². The van der Waals surface area contributed by atoms with E-state index in [0.29, 0.717) is 44.6 Å². The predicted molar refractivity (Wildman–Crippen MR) is 58.6 cm³/mol. The molecule has 0 aromatic carbocycles. The van der Waals surface area contributed by atoms with Crippen LogP contribution in [0.15, 0.2) is 0 Å². The average molecular weight is 241 g/mol. The fraction of sp³-hybridized carbons (Fsp3) is 0.917. The Labute approximate surface area is 101 Å². The Bertz CT molecular complexity index is 293. The maximum atomic E-state index is 9.84. The Hall–Kier alpha value is -0.670. The molecule has 2 N–H and O–H groups in total. The number of hydrogen-bond donors (Lipinski definition) is 2. The van der Waals surface area contributed by atoms with Crippen molar-refractivity contribution in [1.82, 2.24) is 0 Å². The van der Waals surface area contributed by atoms with Crippen molar-refractivity contribution in [3.8, 4) is 6.07 Å². The summed E-state index contributed by atoms with van der Waals surface area (Å²) in [5.74, 6) is -1.07. The van der Waals surface area contributed by atoms with Gasteiger partial charge in [0.1, 0.15) is 0 Å². The number of hydrogen-bond acceptors (Lipinski definition) is 5. The van der Waals surface area contributed by atoms with Gasteiger partial charge in [0.05, 0.1) is 24.9 Å². The molecule has 96 valence electrons. The molecule has 0 aromatic heterocycles. The summed E-state index contributed by atoms with van der Waals surface area (Å²) in [5.41, 5.74) is 0. The minimum atomic E-state index is -1.39. The third-order valence-electron chi connectivity index (χ3n) is 3.59. The van der Waals surface area contributed by atoms with Crippen LogP contribution < -0.4 is 0 Å². The van der Waals surface area contributed by atoms with Crippen molar-refractivity contribution < 1.29 is 19.7 Å². The molecule has 3 saturated heterocycles. The molecule has 0 saturated carbocycles. The summed E-state index contributed by atoms with van der Waals surface area (Å²) in [4.78, 5) is 0. The SMILES string of the molecule is N#CCCC(O)CC[C@@H]1OC2(O)CCC1CO2. The lowest BCUT2D eigenvalue weighted by Gasteiger charge is -2.47. The van der Waals surface area contributed by atoms with Gasteiger partial charge in [-0.3, -0.25) is 0 Å². The Kier molecular flexibility index (Phi) is 4.00. The Morgan fingerprint density at radius 2 is 2.29 bits per heavy atom. The summed E-state index contributed by atoms with van der Waals surface area (Å²) in [6.45, 7) is 0.537. The van der Waals surface area contributed by atoms with E-state index in [-0.39, 0.29) is 6.10 Å². The number of nitrogens with zero attached hydrogens (tertiary/aromatic N) is 1. The van der Waals surface area contributed by atoms with Crippen molar-refractivity contribution in [2.75, 3.05) is 6.61 Å². The van der Waals surface area contributed by atoms with E-state index in [1.54, 1.807) is 0 Å². The number of aliphatic hydroxyl groups is 2. The Morgan fingerprint density at radius 3 is 2.88 bits per heavy atom. The van der Waals surface area contributed by atoms with Gasteiger partial charge in [-0.2, -0.15) is 5.26 Å². The smallest absolute Gasteiger partial charge is 0.280 e. The summed E-state index contributed by atoms with van der Waals surface area (Å²) in [5, 5.41) is 27.9. The topological polar surface area (TPSA) is 82.7 Å². The van der Waals surface area contributed by atoms with Gasteiger partial charge in [0.25, 0.3) is 5.97 Å². The highest BCUT2D eigenvalue weighted by molar-refractivity contribution is 4.84. The van der Waals surface area contributed by atoms with Crippen molar-refractivity contribution in [3.63, 3.8) is 0 Å². The van der Waals surface area contributed by atoms with Crippen LogP contribution in [0.25, 0.3) is 0 Å². The first-order chi connectivity index (χ1) is 8.13. The summed E-state index contributed by atoms with van der Waals surface area (Å²) in [7, 11) is 0. The molecule has 3 unspecified atom stereocenters. The van der Waals surface area contributed by atoms with Crippen LogP contribution in [0, 0.1) is 17.2 Å². The first kappa shape index (κ1) is 12.8. The van der Waals surface area contributed by atoms with E-state index >= 15 is 0 Å². The van der Waals surface area contributed by atoms with Gasteiger partial charge < -0.3 is 19.7 Å². The summed E-state index contributed by atoms with van der Waals surface area (Å²) in [6.07, 6.45) is 3.17. The van der Waals surface area contributed by atoms with Gasteiger partial charge in [0.15, 0.2) is 0 Å². The van der Waals surface area contributed by atoms with E-state index in [1.165, 1.54) is 0 Å². The molecule has 0 spiro atoms. The van der Waals surface area contributed by atoms with Crippen LogP contribution >= 0.6 is 0 Å². The first-order valence-corrected chi connectivity index (χ1v) is 6.22. The van der Waals surface area contributed by atoms with Crippen LogP contribution in [0.5, 0.6) is 0 Å². The second-order valence-corrected chi connectivity index (χ2v) is 4.91. The quantitative estimate of drug-likeness (QED) is 0.747.